The van der Waals surface area contributed by atoms with Crippen molar-refractivity contribution >= 4 is 33.7 Å². The van der Waals surface area contributed by atoms with Gasteiger partial charge >= 0.3 is 0 Å². The van der Waals surface area contributed by atoms with Crippen molar-refractivity contribution in [3.05, 3.63) is 67.3 Å². The second-order valence-electron chi connectivity index (χ2n) is 8.22. The zero-order valence-electron chi connectivity index (χ0n) is 17.4. The van der Waals surface area contributed by atoms with Crippen LogP contribution in [0.4, 0.5) is 17.2 Å². The van der Waals surface area contributed by atoms with E-state index in [1.165, 1.54) is 0 Å². The zero-order valence-corrected chi connectivity index (χ0v) is 17.4. The van der Waals surface area contributed by atoms with Crippen LogP contribution in [-0.2, 0) is 0 Å². The van der Waals surface area contributed by atoms with Crippen molar-refractivity contribution in [3.63, 3.8) is 0 Å². The molecule has 1 atom stereocenters. The standard InChI is InChI=1S/C24H23N7O/c32-20-2-1-10-30(14-20)19-7-5-18(6-8-19)27-23-24-25-9-11-31(24)15-22(28-23)16-3-4-17-13-26-29-21(17)12-16/h3-9,11-13,15,20,32H,1-2,10,14H2,(H,26,29)(H,27,28)/t20-/m0/s1. The molecule has 0 spiro atoms. The average molecular weight is 425 g/mol. The highest BCUT2D eigenvalue weighted by Crippen LogP contribution is 2.28. The number of β-amino-alcohol motifs (C(OH)–C–C–N with tert-alkyl or cyclic N) is 1. The lowest BCUT2D eigenvalue weighted by Gasteiger charge is -2.32. The number of aliphatic hydroxyl groups excluding tert-OH is 1. The Labute approximate surface area is 184 Å². The summed E-state index contributed by atoms with van der Waals surface area (Å²) in [7, 11) is 0. The molecule has 6 rings (SSSR count). The van der Waals surface area contributed by atoms with Gasteiger partial charge in [-0.25, -0.2) is 9.97 Å². The van der Waals surface area contributed by atoms with Crippen molar-refractivity contribution in [2.45, 2.75) is 18.9 Å². The number of hydrogen-bond donors (Lipinski definition) is 3. The molecular weight excluding hydrogens is 402 g/mol. The Morgan fingerprint density at radius 3 is 2.91 bits per heavy atom. The quantitative estimate of drug-likeness (QED) is 0.403. The van der Waals surface area contributed by atoms with E-state index in [0.29, 0.717) is 12.4 Å². The van der Waals surface area contributed by atoms with E-state index in [1.54, 1.807) is 6.20 Å². The van der Waals surface area contributed by atoms with E-state index in [0.717, 1.165) is 58.6 Å². The highest BCUT2D eigenvalue weighted by Gasteiger charge is 2.18. The number of fused-ring (bicyclic) bond motifs is 2. The first-order chi connectivity index (χ1) is 15.7. The molecule has 1 aliphatic rings. The van der Waals surface area contributed by atoms with Crippen LogP contribution in [0.15, 0.2) is 67.3 Å². The Morgan fingerprint density at radius 2 is 2.03 bits per heavy atom. The molecule has 0 unspecified atom stereocenters. The largest absolute Gasteiger partial charge is 0.391 e. The van der Waals surface area contributed by atoms with E-state index in [4.69, 9.17) is 4.98 Å². The van der Waals surface area contributed by atoms with Gasteiger partial charge < -0.3 is 19.7 Å². The van der Waals surface area contributed by atoms with Gasteiger partial charge in [0, 0.05) is 54.0 Å². The molecule has 8 nitrogen and oxygen atoms in total. The van der Waals surface area contributed by atoms with E-state index in [2.05, 4.69) is 49.7 Å². The number of hydrogen-bond acceptors (Lipinski definition) is 6. The number of benzene rings is 2. The summed E-state index contributed by atoms with van der Waals surface area (Å²) < 4.78 is 1.98. The molecular formula is C24H23N7O. The van der Waals surface area contributed by atoms with E-state index >= 15 is 0 Å². The third-order valence-electron chi connectivity index (χ3n) is 6.00. The van der Waals surface area contributed by atoms with Gasteiger partial charge in [-0.05, 0) is 43.2 Å². The normalized spacial score (nSPS) is 16.7. The molecule has 0 aliphatic carbocycles. The predicted molar refractivity (Wildman–Crippen MR) is 125 cm³/mol. The first kappa shape index (κ1) is 18.8. The van der Waals surface area contributed by atoms with Gasteiger partial charge in [-0.3, -0.25) is 5.10 Å². The van der Waals surface area contributed by atoms with Crippen LogP contribution in [0, 0.1) is 0 Å². The second kappa shape index (κ2) is 7.65. The molecule has 0 amide bonds. The van der Waals surface area contributed by atoms with Gasteiger partial charge in [0.2, 0.25) is 0 Å². The fourth-order valence-electron chi connectivity index (χ4n) is 4.33. The highest BCUT2D eigenvalue weighted by molar-refractivity contribution is 5.84. The van der Waals surface area contributed by atoms with E-state index < -0.39 is 0 Å². The number of piperidine rings is 1. The maximum absolute atomic E-state index is 9.96. The molecule has 1 saturated heterocycles. The maximum atomic E-state index is 9.96. The molecule has 3 N–H and O–H groups in total. The Hall–Kier alpha value is -3.91. The summed E-state index contributed by atoms with van der Waals surface area (Å²) in [6, 6.07) is 14.4. The summed E-state index contributed by atoms with van der Waals surface area (Å²) in [6.07, 6.45) is 9.14. The minimum absolute atomic E-state index is 0.247. The van der Waals surface area contributed by atoms with E-state index in [1.807, 2.05) is 41.2 Å². The number of nitrogens with one attached hydrogen (secondary N) is 2. The molecule has 8 heteroatoms. The third-order valence-corrected chi connectivity index (χ3v) is 6.00. The molecule has 1 aliphatic heterocycles. The second-order valence-corrected chi connectivity index (χ2v) is 8.22. The molecule has 1 fully saturated rings. The lowest BCUT2D eigenvalue weighted by Crippen LogP contribution is -2.38. The van der Waals surface area contributed by atoms with Crippen LogP contribution in [0.2, 0.25) is 0 Å². The van der Waals surface area contributed by atoms with Crippen LogP contribution in [0.3, 0.4) is 0 Å². The number of aromatic amines is 1. The molecule has 2 aromatic carbocycles. The molecule has 0 saturated carbocycles. The average Bonchev–Trinajstić information content (AvgIpc) is 3.48. The lowest BCUT2D eigenvalue weighted by atomic mass is 10.1. The number of rotatable bonds is 4. The minimum Gasteiger partial charge on any atom is -0.391 e. The molecule has 5 aromatic rings. The van der Waals surface area contributed by atoms with Crippen molar-refractivity contribution in [2.75, 3.05) is 23.3 Å². The Bertz CT molecular complexity index is 1390. The van der Waals surface area contributed by atoms with Crippen LogP contribution in [0.1, 0.15) is 12.8 Å². The number of nitrogens with zero attached hydrogens (tertiary/aromatic N) is 5. The topological polar surface area (TPSA) is 94.4 Å². The van der Waals surface area contributed by atoms with Crippen molar-refractivity contribution in [1.82, 2.24) is 24.6 Å². The van der Waals surface area contributed by atoms with Gasteiger partial charge in [0.05, 0.1) is 23.5 Å². The SMILES string of the molecule is O[C@H]1CCCN(c2ccc(Nc3nc(-c4ccc5cn[nH]c5c4)cn4ccnc34)cc2)C1. The molecule has 0 bridgehead atoms. The fourth-order valence-corrected chi connectivity index (χ4v) is 4.33. The van der Waals surface area contributed by atoms with Gasteiger partial charge in [-0.1, -0.05) is 12.1 Å². The first-order valence-electron chi connectivity index (χ1n) is 10.8. The van der Waals surface area contributed by atoms with Gasteiger partial charge in [-0.15, -0.1) is 0 Å². The Morgan fingerprint density at radius 1 is 1.12 bits per heavy atom. The maximum Gasteiger partial charge on any atom is 0.180 e. The summed E-state index contributed by atoms with van der Waals surface area (Å²) in [5, 5.41) is 21.6. The summed E-state index contributed by atoms with van der Waals surface area (Å²) in [5.41, 5.74) is 5.63. The lowest BCUT2D eigenvalue weighted by molar-refractivity contribution is 0.154. The highest BCUT2D eigenvalue weighted by atomic mass is 16.3. The molecule has 160 valence electrons. The first-order valence-corrected chi connectivity index (χ1v) is 10.8. The predicted octanol–water partition coefficient (Wildman–Crippen LogP) is 3.98. The third kappa shape index (κ3) is 3.44. The van der Waals surface area contributed by atoms with Gasteiger partial charge in [0.25, 0.3) is 0 Å². The summed E-state index contributed by atoms with van der Waals surface area (Å²) >= 11 is 0. The Balaban J connectivity index is 1.32. The number of aromatic nitrogens is 5. The Kier molecular flexibility index (Phi) is 4.50. The minimum atomic E-state index is -0.247. The number of imidazole rings is 1. The van der Waals surface area contributed by atoms with Crippen LogP contribution in [0.5, 0.6) is 0 Å². The molecule has 0 radical (unpaired) electrons. The van der Waals surface area contributed by atoms with Crippen molar-refractivity contribution < 1.29 is 5.11 Å². The summed E-state index contributed by atoms with van der Waals surface area (Å²) in [6.45, 7) is 1.66. The smallest absolute Gasteiger partial charge is 0.180 e. The number of aliphatic hydroxyl groups is 1. The van der Waals surface area contributed by atoms with E-state index in [-0.39, 0.29) is 6.10 Å². The van der Waals surface area contributed by atoms with Crippen LogP contribution in [0.25, 0.3) is 27.8 Å². The molecule has 32 heavy (non-hydrogen) atoms. The van der Waals surface area contributed by atoms with Crippen LogP contribution in [-0.4, -0.2) is 48.9 Å². The van der Waals surface area contributed by atoms with Crippen molar-refractivity contribution in [3.8, 4) is 11.3 Å². The van der Waals surface area contributed by atoms with Crippen LogP contribution >= 0.6 is 0 Å². The number of H-pyrrole nitrogens is 1. The fraction of sp³-hybridized carbons (Fsp3) is 0.208. The van der Waals surface area contributed by atoms with Crippen molar-refractivity contribution in [2.24, 2.45) is 0 Å². The van der Waals surface area contributed by atoms with Gasteiger partial charge in [0.1, 0.15) is 0 Å². The summed E-state index contributed by atoms with van der Waals surface area (Å²) in [4.78, 5) is 11.6. The van der Waals surface area contributed by atoms with Gasteiger partial charge in [0.15, 0.2) is 11.5 Å². The summed E-state index contributed by atoms with van der Waals surface area (Å²) in [5.74, 6) is 0.693. The van der Waals surface area contributed by atoms with Crippen molar-refractivity contribution in [1.29, 1.82) is 0 Å². The molecule has 3 aromatic heterocycles. The number of anilines is 3. The molecule has 4 heterocycles. The van der Waals surface area contributed by atoms with Gasteiger partial charge in [-0.2, -0.15) is 5.10 Å². The monoisotopic (exact) mass is 425 g/mol. The van der Waals surface area contributed by atoms with E-state index in [9.17, 15) is 5.11 Å². The zero-order chi connectivity index (χ0) is 21.5. The van der Waals surface area contributed by atoms with Crippen LogP contribution < -0.4 is 10.2 Å².